The normalized spacial score (nSPS) is 12.6. The smallest absolute Gasteiger partial charge is 0.405 e. The Hall–Kier alpha value is -3.60. The molecule has 2 atom stereocenters. The van der Waals surface area contributed by atoms with Gasteiger partial charge in [0.05, 0.1) is 12.1 Å². The zero-order valence-corrected chi connectivity index (χ0v) is 14.6. The number of carbonyl (C=O) groups excluding carboxylic acids is 1. The highest BCUT2D eigenvalue weighted by Gasteiger charge is 2.28. The van der Waals surface area contributed by atoms with Crippen LogP contribution >= 0.6 is 0 Å². The quantitative estimate of drug-likeness (QED) is 0.617. The molecule has 5 heteroatoms. The predicted molar refractivity (Wildman–Crippen MR) is 103 cm³/mol. The molecular weight excluding hydrogens is 340 g/mol. The maximum atomic E-state index is 12.8. The van der Waals surface area contributed by atoms with Gasteiger partial charge in [0.25, 0.3) is 5.91 Å². The molecule has 5 nitrogen and oxygen atoms in total. The average Bonchev–Trinajstić information content (AvgIpc) is 2.72. The van der Waals surface area contributed by atoms with E-state index in [0.717, 1.165) is 11.1 Å². The largest absolute Gasteiger partial charge is 0.465 e. The molecule has 27 heavy (non-hydrogen) atoms. The molecule has 0 heterocycles. The lowest BCUT2D eigenvalue weighted by Gasteiger charge is -2.29. The van der Waals surface area contributed by atoms with Crippen LogP contribution in [-0.2, 0) is 0 Å². The van der Waals surface area contributed by atoms with Crippen LogP contribution in [0.4, 0.5) is 4.79 Å². The van der Waals surface area contributed by atoms with E-state index in [4.69, 9.17) is 0 Å². The van der Waals surface area contributed by atoms with Crippen molar-refractivity contribution in [1.82, 2.24) is 10.6 Å². The molecule has 3 aromatic carbocycles. The van der Waals surface area contributed by atoms with Crippen LogP contribution in [0.25, 0.3) is 0 Å². The molecule has 3 rings (SSSR count). The Morgan fingerprint density at radius 3 is 1.48 bits per heavy atom. The van der Waals surface area contributed by atoms with Crippen LogP contribution in [0.5, 0.6) is 0 Å². The van der Waals surface area contributed by atoms with E-state index in [-0.39, 0.29) is 5.91 Å². The van der Waals surface area contributed by atoms with Crippen molar-refractivity contribution in [2.24, 2.45) is 0 Å². The molecule has 0 saturated carbocycles. The van der Waals surface area contributed by atoms with E-state index in [1.807, 2.05) is 66.7 Å². The summed E-state index contributed by atoms with van der Waals surface area (Å²) in [6, 6.07) is 26.2. The second kappa shape index (κ2) is 8.67. The maximum absolute atomic E-state index is 12.8. The summed E-state index contributed by atoms with van der Waals surface area (Å²) in [4.78, 5) is 24.2. The van der Waals surface area contributed by atoms with Crippen molar-refractivity contribution in [3.63, 3.8) is 0 Å². The topological polar surface area (TPSA) is 78.4 Å². The van der Waals surface area contributed by atoms with Gasteiger partial charge in [0, 0.05) is 5.56 Å². The monoisotopic (exact) mass is 360 g/mol. The lowest BCUT2D eigenvalue weighted by atomic mass is 9.93. The van der Waals surface area contributed by atoms with E-state index in [1.54, 1.807) is 24.3 Å². The Morgan fingerprint density at radius 2 is 1.04 bits per heavy atom. The molecule has 0 saturated heterocycles. The molecule has 0 aromatic heterocycles. The van der Waals surface area contributed by atoms with E-state index in [9.17, 15) is 14.7 Å². The van der Waals surface area contributed by atoms with E-state index in [2.05, 4.69) is 10.6 Å². The van der Waals surface area contributed by atoms with Gasteiger partial charge in [-0.25, -0.2) is 4.79 Å². The lowest BCUT2D eigenvalue weighted by molar-refractivity contribution is 0.0924. The molecule has 0 aliphatic carbocycles. The number of hydrogen-bond donors (Lipinski definition) is 3. The van der Waals surface area contributed by atoms with Crippen LogP contribution in [-0.4, -0.2) is 17.1 Å². The summed E-state index contributed by atoms with van der Waals surface area (Å²) in [6.45, 7) is 0. The van der Waals surface area contributed by atoms with Gasteiger partial charge in [0.15, 0.2) is 0 Å². The molecule has 2 amide bonds. The van der Waals surface area contributed by atoms with Crippen molar-refractivity contribution in [3.8, 4) is 0 Å². The molecule has 0 fully saturated rings. The number of hydrogen-bond acceptors (Lipinski definition) is 2. The molecule has 0 bridgehead atoms. The minimum absolute atomic E-state index is 0.266. The highest BCUT2D eigenvalue weighted by Crippen LogP contribution is 2.29. The molecular formula is C22H20N2O3. The second-order valence-electron chi connectivity index (χ2n) is 6.07. The van der Waals surface area contributed by atoms with Gasteiger partial charge in [-0.2, -0.15) is 0 Å². The summed E-state index contributed by atoms with van der Waals surface area (Å²) < 4.78 is 0. The Balaban J connectivity index is 1.99. The van der Waals surface area contributed by atoms with Crippen molar-refractivity contribution in [2.75, 3.05) is 0 Å². The molecule has 2 unspecified atom stereocenters. The third-order valence-corrected chi connectivity index (χ3v) is 4.25. The second-order valence-corrected chi connectivity index (χ2v) is 6.07. The molecule has 0 spiro atoms. The van der Waals surface area contributed by atoms with Gasteiger partial charge in [0.1, 0.15) is 0 Å². The lowest BCUT2D eigenvalue weighted by Crippen LogP contribution is -2.40. The molecule has 3 aromatic rings. The summed E-state index contributed by atoms with van der Waals surface area (Å²) in [6.07, 6.45) is -1.15. The highest BCUT2D eigenvalue weighted by molar-refractivity contribution is 5.94. The first-order valence-electron chi connectivity index (χ1n) is 8.60. The Morgan fingerprint density at radius 1 is 0.630 bits per heavy atom. The fourth-order valence-electron chi connectivity index (χ4n) is 2.99. The summed E-state index contributed by atoms with van der Waals surface area (Å²) in [5.74, 6) is -0.266. The van der Waals surface area contributed by atoms with Crippen molar-refractivity contribution < 1.29 is 14.7 Å². The Kier molecular flexibility index (Phi) is 5.84. The number of carboxylic acid groups (broad SMARTS) is 1. The van der Waals surface area contributed by atoms with Crippen molar-refractivity contribution in [3.05, 3.63) is 108 Å². The van der Waals surface area contributed by atoms with Gasteiger partial charge in [-0.3, -0.25) is 4.79 Å². The zero-order valence-electron chi connectivity index (χ0n) is 14.6. The van der Waals surface area contributed by atoms with Crippen molar-refractivity contribution in [1.29, 1.82) is 0 Å². The molecule has 136 valence electrons. The van der Waals surface area contributed by atoms with Crippen LogP contribution < -0.4 is 10.6 Å². The van der Waals surface area contributed by atoms with E-state index in [1.165, 1.54) is 0 Å². The van der Waals surface area contributed by atoms with Gasteiger partial charge in [0.2, 0.25) is 0 Å². The first-order chi connectivity index (χ1) is 13.1. The zero-order chi connectivity index (χ0) is 19.1. The van der Waals surface area contributed by atoms with Gasteiger partial charge in [-0.1, -0.05) is 78.9 Å². The maximum Gasteiger partial charge on any atom is 0.405 e. The van der Waals surface area contributed by atoms with Gasteiger partial charge < -0.3 is 15.7 Å². The summed E-state index contributed by atoms with van der Waals surface area (Å²) in [5, 5.41) is 14.9. The van der Waals surface area contributed by atoms with Crippen LogP contribution in [0, 0.1) is 0 Å². The molecule has 0 radical (unpaired) electrons. The first kappa shape index (κ1) is 18.2. The summed E-state index contributed by atoms with van der Waals surface area (Å²) >= 11 is 0. The van der Waals surface area contributed by atoms with E-state index >= 15 is 0 Å². The predicted octanol–water partition coefficient (Wildman–Crippen LogP) is 4.17. The minimum atomic E-state index is -1.15. The van der Waals surface area contributed by atoms with Gasteiger partial charge >= 0.3 is 6.09 Å². The number of rotatable bonds is 6. The number of amides is 2. The molecule has 0 aliphatic rings. The van der Waals surface area contributed by atoms with Crippen molar-refractivity contribution >= 4 is 12.0 Å². The van der Waals surface area contributed by atoms with Crippen LogP contribution in [0.1, 0.15) is 33.6 Å². The van der Waals surface area contributed by atoms with E-state index in [0.29, 0.717) is 5.56 Å². The fraction of sp³-hybridized carbons (Fsp3) is 0.0909. The Labute approximate surface area is 157 Å². The fourth-order valence-corrected chi connectivity index (χ4v) is 2.99. The van der Waals surface area contributed by atoms with Gasteiger partial charge in [-0.15, -0.1) is 0 Å². The Bertz CT molecular complexity index is 883. The van der Waals surface area contributed by atoms with Crippen LogP contribution in [0.15, 0.2) is 91.0 Å². The first-order valence-corrected chi connectivity index (χ1v) is 8.60. The third kappa shape index (κ3) is 4.73. The molecule has 3 N–H and O–H groups in total. The standard InChI is InChI=1S/C22H20N2O3/c25-21(18-14-8-3-9-15-18)23-19(16-10-4-1-5-11-16)20(24-22(26)27)17-12-6-2-7-13-17/h1-15,19-20,24H,(H,23,25)(H,26,27). The van der Waals surface area contributed by atoms with Crippen LogP contribution in [0.2, 0.25) is 0 Å². The minimum Gasteiger partial charge on any atom is -0.465 e. The third-order valence-electron chi connectivity index (χ3n) is 4.25. The summed E-state index contributed by atoms with van der Waals surface area (Å²) in [7, 11) is 0. The van der Waals surface area contributed by atoms with E-state index < -0.39 is 18.2 Å². The number of carbonyl (C=O) groups is 2. The number of benzene rings is 3. The van der Waals surface area contributed by atoms with Crippen molar-refractivity contribution in [2.45, 2.75) is 12.1 Å². The van der Waals surface area contributed by atoms with Gasteiger partial charge in [-0.05, 0) is 23.3 Å². The van der Waals surface area contributed by atoms with Crippen LogP contribution in [0.3, 0.4) is 0 Å². The number of nitrogens with one attached hydrogen (secondary N) is 2. The summed E-state index contributed by atoms with van der Waals surface area (Å²) in [5.41, 5.74) is 2.09. The SMILES string of the molecule is O=C(O)NC(c1ccccc1)C(NC(=O)c1ccccc1)c1ccccc1. The average molecular weight is 360 g/mol. The highest BCUT2D eigenvalue weighted by atomic mass is 16.4. The molecule has 0 aliphatic heterocycles.